The second kappa shape index (κ2) is 5.75. The molecule has 0 unspecified atom stereocenters. The summed E-state index contributed by atoms with van der Waals surface area (Å²) in [5, 5.41) is 8.88. The van der Waals surface area contributed by atoms with Crippen molar-refractivity contribution in [3.05, 3.63) is 60.4 Å². The van der Waals surface area contributed by atoms with E-state index >= 15 is 0 Å². The summed E-state index contributed by atoms with van der Waals surface area (Å²) in [7, 11) is 0. The maximum Gasteiger partial charge on any atom is 0.351 e. The molecule has 0 saturated carbocycles. The SMILES string of the molecule is C=C(C(=O)O)N(/C=C\C)Cc1ccccc1. The van der Waals surface area contributed by atoms with Gasteiger partial charge in [-0.3, -0.25) is 0 Å². The summed E-state index contributed by atoms with van der Waals surface area (Å²) in [6, 6.07) is 9.67. The smallest absolute Gasteiger partial charge is 0.351 e. The molecule has 16 heavy (non-hydrogen) atoms. The molecule has 3 nitrogen and oxygen atoms in total. The zero-order valence-corrected chi connectivity index (χ0v) is 9.26. The summed E-state index contributed by atoms with van der Waals surface area (Å²) in [5.74, 6) is -1.01. The quantitative estimate of drug-likeness (QED) is 0.771. The van der Waals surface area contributed by atoms with Crippen LogP contribution in [0.2, 0.25) is 0 Å². The van der Waals surface area contributed by atoms with Crippen LogP contribution >= 0.6 is 0 Å². The first-order valence-corrected chi connectivity index (χ1v) is 5.00. The number of rotatable bonds is 5. The number of hydrogen-bond donors (Lipinski definition) is 1. The molecule has 3 heteroatoms. The van der Waals surface area contributed by atoms with Crippen LogP contribution in [0.3, 0.4) is 0 Å². The summed E-state index contributed by atoms with van der Waals surface area (Å²) < 4.78 is 0. The van der Waals surface area contributed by atoms with Gasteiger partial charge >= 0.3 is 5.97 Å². The summed E-state index contributed by atoms with van der Waals surface area (Å²) in [4.78, 5) is 12.4. The molecule has 1 rings (SSSR count). The van der Waals surface area contributed by atoms with Crippen LogP contribution in [0.25, 0.3) is 0 Å². The van der Waals surface area contributed by atoms with E-state index in [1.807, 2.05) is 37.3 Å². The van der Waals surface area contributed by atoms with Gasteiger partial charge in [0.25, 0.3) is 0 Å². The zero-order valence-electron chi connectivity index (χ0n) is 9.26. The first-order chi connectivity index (χ1) is 7.65. The molecule has 0 heterocycles. The van der Waals surface area contributed by atoms with Crippen molar-refractivity contribution in [2.75, 3.05) is 0 Å². The number of allylic oxidation sites excluding steroid dienone is 1. The highest BCUT2D eigenvalue weighted by Gasteiger charge is 2.11. The molecule has 0 aliphatic heterocycles. The molecule has 0 aliphatic rings. The van der Waals surface area contributed by atoms with Gasteiger partial charge in [0.2, 0.25) is 0 Å². The van der Waals surface area contributed by atoms with Gasteiger partial charge in [0.1, 0.15) is 5.70 Å². The van der Waals surface area contributed by atoms with Crippen LogP contribution in [0.15, 0.2) is 54.9 Å². The van der Waals surface area contributed by atoms with E-state index in [9.17, 15) is 4.79 Å². The Bertz CT molecular complexity index is 396. The van der Waals surface area contributed by atoms with Crippen molar-refractivity contribution in [2.24, 2.45) is 0 Å². The third kappa shape index (κ3) is 3.28. The lowest BCUT2D eigenvalue weighted by molar-refractivity contribution is -0.134. The lowest BCUT2D eigenvalue weighted by atomic mass is 10.2. The second-order valence-corrected chi connectivity index (χ2v) is 3.35. The van der Waals surface area contributed by atoms with Crippen molar-refractivity contribution in [1.29, 1.82) is 0 Å². The molecular formula is C13H15NO2. The fourth-order valence-corrected chi connectivity index (χ4v) is 1.32. The average molecular weight is 217 g/mol. The third-order valence-corrected chi connectivity index (χ3v) is 2.12. The van der Waals surface area contributed by atoms with Crippen molar-refractivity contribution in [2.45, 2.75) is 13.5 Å². The molecular weight excluding hydrogens is 202 g/mol. The molecule has 1 aromatic carbocycles. The van der Waals surface area contributed by atoms with Crippen molar-refractivity contribution in [3.63, 3.8) is 0 Å². The van der Waals surface area contributed by atoms with E-state index in [1.54, 1.807) is 17.2 Å². The van der Waals surface area contributed by atoms with Gasteiger partial charge in [-0.05, 0) is 12.5 Å². The van der Waals surface area contributed by atoms with Gasteiger partial charge < -0.3 is 10.0 Å². The fraction of sp³-hybridized carbons (Fsp3) is 0.154. The highest BCUT2D eigenvalue weighted by atomic mass is 16.4. The lowest BCUT2D eigenvalue weighted by Crippen LogP contribution is -2.21. The predicted octanol–water partition coefficient (Wildman–Crippen LogP) is 2.62. The normalized spacial score (nSPS) is 10.3. The van der Waals surface area contributed by atoms with Gasteiger partial charge in [0.05, 0.1) is 0 Å². The number of benzene rings is 1. The number of carbonyl (C=O) groups is 1. The minimum Gasteiger partial charge on any atom is -0.477 e. The molecule has 84 valence electrons. The molecule has 0 radical (unpaired) electrons. The molecule has 0 atom stereocenters. The highest BCUT2D eigenvalue weighted by Crippen LogP contribution is 2.10. The van der Waals surface area contributed by atoms with E-state index in [2.05, 4.69) is 6.58 Å². The topological polar surface area (TPSA) is 40.5 Å². The Kier molecular flexibility index (Phi) is 4.33. The minimum atomic E-state index is -1.01. The van der Waals surface area contributed by atoms with Gasteiger partial charge in [0.15, 0.2) is 0 Å². The Labute approximate surface area is 95.3 Å². The van der Waals surface area contributed by atoms with E-state index in [0.717, 1.165) is 5.56 Å². The zero-order chi connectivity index (χ0) is 12.0. The van der Waals surface area contributed by atoms with Crippen LogP contribution in [-0.2, 0) is 11.3 Å². The van der Waals surface area contributed by atoms with Gasteiger partial charge in [-0.15, -0.1) is 0 Å². The van der Waals surface area contributed by atoms with E-state index in [4.69, 9.17) is 5.11 Å². The Morgan fingerprint density at radius 2 is 2.06 bits per heavy atom. The van der Waals surface area contributed by atoms with Crippen molar-refractivity contribution in [1.82, 2.24) is 4.90 Å². The van der Waals surface area contributed by atoms with Crippen molar-refractivity contribution >= 4 is 5.97 Å². The molecule has 0 aromatic heterocycles. The largest absolute Gasteiger partial charge is 0.477 e. The Morgan fingerprint density at radius 1 is 1.44 bits per heavy atom. The van der Waals surface area contributed by atoms with E-state index in [0.29, 0.717) is 6.54 Å². The highest BCUT2D eigenvalue weighted by molar-refractivity contribution is 5.85. The summed E-state index contributed by atoms with van der Waals surface area (Å²) in [6.07, 6.45) is 3.50. The predicted molar refractivity (Wildman–Crippen MR) is 63.6 cm³/mol. The van der Waals surface area contributed by atoms with Gasteiger partial charge in [-0.2, -0.15) is 0 Å². The monoisotopic (exact) mass is 217 g/mol. The molecule has 0 bridgehead atoms. The van der Waals surface area contributed by atoms with Gasteiger partial charge in [0, 0.05) is 12.7 Å². The summed E-state index contributed by atoms with van der Waals surface area (Å²) >= 11 is 0. The maximum atomic E-state index is 10.8. The van der Waals surface area contributed by atoms with Gasteiger partial charge in [-0.1, -0.05) is 43.0 Å². The Hall–Kier alpha value is -2.03. The van der Waals surface area contributed by atoms with Gasteiger partial charge in [-0.25, -0.2) is 4.79 Å². The molecule has 0 saturated heterocycles. The molecule has 0 amide bonds. The molecule has 0 aliphatic carbocycles. The Morgan fingerprint density at radius 3 is 2.56 bits per heavy atom. The standard InChI is InChI=1S/C13H15NO2/c1-3-9-14(11(2)13(15)16)10-12-7-5-4-6-8-12/h3-9H,2,10H2,1H3,(H,15,16)/b9-3-. The van der Waals surface area contributed by atoms with E-state index < -0.39 is 5.97 Å². The minimum absolute atomic E-state index is 0.0713. The molecule has 0 fully saturated rings. The molecule has 1 aromatic rings. The number of hydrogen-bond acceptors (Lipinski definition) is 2. The van der Waals surface area contributed by atoms with Crippen molar-refractivity contribution in [3.8, 4) is 0 Å². The van der Waals surface area contributed by atoms with E-state index in [1.165, 1.54) is 0 Å². The maximum absolute atomic E-state index is 10.8. The number of aliphatic carboxylic acids is 1. The van der Waals surface area contributed by atoms with Crippen LogP contribution < -0.4 is 0 Å². The average Bonchev–Trinajstić information content (AvgIpc) is 2.29. The van der Waals surface area contributed by atoms with E-state index in [-0.39, 0.29) is 5.70 Å². The van der Waals surface area contributed by atoms with Crippen LogP contribution in [0.1, 0.15) is 12.5 Å². The second-order valence-electron chi connectivity index (χ2n) is 3.35. The molecule has 1 N–H and O–H groups in total. The third-order valence-electron chi connectivity index (χ3n) is 2.12. The van der Waals surface area contributed by atoms with Crippen LogP contribution in [0.5, 0.6) is 0 Å². The number of nitrogens with zero attached hydrogens (tertiary/aromatic N) is 1. The van der Waals surface area contributed by atoms with Crippen molar-refractivity contribution < 1.29 is 9.90 Å². The fourth-order valence-electron chi connectivity index (χ4n) is 1.32. The number of carboxylic acid groups (broad SMARTS) is 1. The van der Waals surface area contributed by atoms with Crippen LogP contribution in [-0.4, -0.2) is 16.0 Å². The van der Waals surface area contributed by atoms with Crippen LogP contribution in [0, 0.1) is 0 Å². The summed E-state index contributed by atoms with van der Waals surface area (Å²) in [6.45, 7) is 5.90. The summed E-state index contributed by atoms with van der Waals surface area (Å²) in [5.41, 5.74) is 1.12. The lowest BCUT2D eigenvalue weighted by Gasteiger charge is -2.19. The first kappa shape index (κ1) is 12.0. The number of carboxylic acids is 1. The Balaban J connectivity index is 2.80. The first-order valence-electron chi connectivity index (χ1n) is 5.00. The van der Waals surface area contributed by atoms with Crippen LogP contribution in [0.4, 0.5) is 0 Å². The molecule has 0 spiro atoms.